The fraction of sp³-hybridized carbons (Fsp3) is 0.0476. The van der Waals surface area contributed by atoms with Gasteiger partial charge in [0.15, 0.2) is 5.13 Å². The maximum atomic E-state index is 12.6. The van der Waals surface area contributed by atoms with Gasteiger partial charge < -0.3 is 0 Å². The van der Waals surface area contributed by atoms with Crippen LogP contribution in [0.1, 0.15) is 15.9 Å². The van der Waals surface area contributed by atoms with E-state index >= 15 is 0 Å². The van der Waals surface area contributed by atoms with Crippen molar-refractivity contribution in [2.45, 2.75) is 6.92 Å². The van der Waals surface area contributed by atoms with Gasteiger partial charge in [-0.3, -0.25) is 10.1 Å². The molecule has 4 heteroatoms. The van der Waals surface area contributed by atoms with Crippen LogP contribution in [0.5, 0.6) is 0 Å². The summed E-state index contributed by atoms with van der Waals surface area (Å²) in [6, 6.07) is 20.2. The Labute approximate surface area is 149 Å². The van der Waals surface area contributed by atoms with Crippen LogP contribution in [0, 0.1) is 6.92 Å². The van der Waals surface area contributed by atoms with Crippen molar-refractivity contribution in [3.05, 3.63) is 71.8 Å². The number of hydrogen-bond donors (Lipinski definition) is 1. The number of nitrogens with zero attached hydrogens (tertiary/aromatic N) is 1. The summed E-state index contributed by atoms with van der Waals surface area (Å²) >= 11 is 1.54. The number of benzene rings is 3. The second-order valence-corrected chi connectivity index (χ2v) is 7.17. The van der Waals surface area contributed by atoms with Gasteiger partial charge in [0.05, 0.1) is 10.6 Å². The van der Waals surface area contributed by atoms with Crippen LogP contribution >= 0.6 is 11.3 Å². The first kappa shape index (κ1) is 14.4. The highest BCUT2D eigenvalue weighted by Crippen LogP contribution is 2.50. The number of carbonyl (C=O) groups excluding carboxylic acids is 1. The zero-order chi connectivity index (χ0) is 17.0. The normalized spacial score (nSPS) is 11.6. The molecule has 0 spiro atoms. The number of hydrogen-bond acceptors (Lipinski definition) is 3. The van der Waals surface area contributed by atoms with Crippen LogP contribution in [-0.4, -0.2) is 10.9 Å². The monoisotopic (exact) mass is 342 g/mol. The summed E-state index contributed by atoms with van der Waals surface area (Å²) < 4.78 is 0. The molecular weight excluding hydrogens is 328 g/mol. The SMILES string of the molecule is Cc1ccccc1C(=O)Nc1nc2c(s1)-c1cccc3cccc-2c13. The molecule has 0 aliphatic heterocycles. The fourth-order valence-corrected chi connectivity index (χ4v) is 4.46. The number of aromatic nitrogens is 1. The van der Waals surface area contributed by atoms with Gasteiger partial charge in [0.1, 0.15) is 0 Å². The van der Waals surface area contributed by atoms with E-state index in [1.54, 1.807) is 0 Å². The van der Waals surface area contributed by atoms with Crippen molar-refractivity contribution >= 4 is 33.1 Å². The van der Waals surface area contributed by atoms with Gasteiger partial charge in [-0.2, -0.15) is 0 Å². The van der Waals surface area contributed by atoms with Crippen LogP contribution in [0.3, 0.4) is 0 Å². The maximum absolute atomic E-state index is 12.6. The summed E-state index contributed by atoms with van der Waals surface area (Å²) in [5, 5.41) is 6.09. The summed E-state index contributed by atoms with van der Waals surface area (Å²) in [6.45, 7) is 1.94. The van der Waals surface area contributed by atoms with Crippen molar-refractivity contribution < 1.29 is 4.79 Å². The number of carbonyl (C=O) groups is 1. The van der Waals surface area contributed by atoms with E-state index in [2.05, 4.69) is 41.7 Å². The average molecular weight is 342 g/mol. The number of anilines is 1. The van der Waals surface area contributed by atoms with Gasteiger partial charge in [0, 0.05) is 16.7 Å². The molecule has 1 aromatic heterocycles. The number of fused-ring (bicyclic) bond motifs is 3. The summed E-state index contributed by atoms with van der Waals surface area (Å²) in [6.07, 6.45) is 0. The van der Waals surface area contributed by atoms with E-state index < -0.39 is 0 Å². The predicted molar refractivity (Wildman–Crippen MR) is 103 cm³/mol. The van der Waals surface area contributed by atoms with Gasteiger partial charge in [0.2, 0.25) is 0 Å². The summed E-state index contributed by atoms with van der Waals surface area (Å²) in [4.78, 5) is 18.4. The predicted octanol–water partition coefficient (Wildman–Crippen LogP) is 5.50. The Morgan fingerprint density at radius 1 is 0.960 bits per heavy atom. The van der Waals surface area contributed by atoms with E-state index in [0.29, 0.717) is 10.7 Å². The molecule has 1 N–H and O–H groups in total. The molecule has 1 amide bonds. The smallest absolute Gasteiger partial charge is 0.257 e. The van der Waals surface area contributed by atoms with Crippen molar-refractivity contribution in [3.63, 3.8) is 0 Å². The molecule has 1 heterocycles. The van der Waals surface area contributed by atoms with Crippen LogP contribution in [0.4, 0.5) is 5.13 Å². The molecule has 0 fully saturated rings. The lowest BCUT2D eigenvalue weighted by molar-refractivity contribution is 0.102. The van der Waals surface area contributed by atoms with E-state index in [0.717, 1.165) is 21.7 Å². The summed E-state index contributed by atoms with van der Waals surface area (Å²) in [5.74, 6) is -0.114. The fourth-order valence-electron chi connectivity index (χ4n) is 3.46. The zero-order valence-corrected chi connectivity index (χ0v) is 14.4. The first-order valence-electron chi connectivity index (χ1n) is 8.12. The Balaban J connectivity index is 1.56. The molecule has 0 bridgehead atoms. The molecule has 1 aliphatic carbocycles. The van der Waals surface area contributed by atoms with Crippen molar-refractivity contribution in [2.75, 3.05) is 5.32 Å². The van der Waals surface area contributed by atoms with Gasteiger partial charge in [-0.1, -0.05) is 65.9 Å². The molecule has 3 nitrogen and oxygen atoms in total. The number of nitrogens with one attached hydrogen (secondary N) is 1. The van der Waals surface area contributed by atoms with E-state index in [9.17, 15) is 4.79 Å². The third kappa shape index (κ3) is 2.11. The lowest BCUT2D eigenvalue weighted by Gasteiger charge is -2.05. The molecule has 5 rings (SSSR count). The van der Waals surface area contributed by atoms with Crippen molar-refractivity contribution in [1.82, 2.24) is 4.98 Å². The van der Waals surface area contributed by atoms with Gasteiger partial charge in [-0.15, -0.1) is 0 Å². The van der Waals surface area contributed by atoms with E-state index in [1.165, 1.54) is 27.7 Å². The highest BCUT2D eigenvalue weighted by atomic mass is 32.1. The number of aryl methyl sites for hydroxylation is 1. The van der Waals surface area contributed by atoms with Gasteiger partial charge in [0.25, 0.3) is 5.91 Å². The minimum absolute atomic E-state index is 0.114. The molecule has 0 saturated heterocycles. The van der Waals surface area contributed by atoms with Crippen molar-refractivity contribution in [1.29, 1.82) is 0 Å². The molecular formula is C21H14N2OS. The van der Waals surface area contributed by atoms with Crippen LogP contribution in [0.15, 0.2) is 60.7 Å². The first-order chi connectivity index (χ1) is 12.2. The second kappa shape index (κ2) is 5.26. The van der Waals surface area contributed by atoms with E-state index in [1.807, 2.05) is 31.2 Å². The minimum atomic E-state index is -0.114. The van der Waals surface area contributed by atoms with E-state index in [-0.39, 0.29) is 5.91 Å². The Morgan fingerprint density at radius 3 is 2.52 bits per heavy atom. The molecule has 3 aromatic carbocycles. The summed E-state index contributed by atoms with van der Waals surface area (Å²) in [5.41, 5.74) is 4.96. The van der Waals surface area contributed by atoms with Gasteiger partial charge in [-0.25, -0.2) is 4.98 Å². The van der Waals surface area contributed by atoms with Gasteiger partial charge in [-0.05, 0) is 29.3 Å². The lowest BCUT2D eigenvalue weighted by atomic mass is 10.0. The Bertz CT molecular complexity index is 1100. The highest BCUT2D eigenvalue weighted by Gasteiger charge is 2.26. The minimum Gasteiger partial charge on any atom is -0.298 e. The molecule has 0 unspecified atom stereocenters. The van der Waals surface area contributed by atoms with Crippen LogP contribution < -0.4 is 5.32 Å². The van der Waals surface area contributed by atoms with E-state index in [4.69, 9.17) is 4.98 Å². The molecule has 25 heavy (non-hydrogen) atoms. The van der Waals surface area contributed by atoms with Crippen LogP contribution in [-0.2, 0) is 0 Å². The molecule has 120 valence electrons. The largest absolute Gasteiger partial charge is 0.298 e. The van der Waals surface area contributed by atoms with Gasteiger partial charge >= 0.3 is 0 Å². The first-order valence-corrected chi connectivity index (χ1v) is 8.94. The van der Waals surface area contributed by atoms with Crippen LogP contribution in [0.2, 0.25) is 0 Å². The van der Waals surface area contributed by atoms with Crippen molar-refractivity contribution in [2.24, 2.45) is 0 Å². The molecule has 4 aromatic rings. The quantitative estimate of drug-likeness (QED) is 0.460. The third-order valence-corrected chi connectivity index (χ3v) is 5.65. The van der Waals surface area contributed by atoms with Crippen LogP contribution in [0.25, 0.3) is 32.5 Å². The second-order valence-electron chi connectivity index (χ2n) is 6.18. The lowest BCUT2D eigenvalue weighted by Crippen LogP contribution is -2.13. The Hall–Kier alpha value is -2.98. The molecule has 0 saturated carbocycles. The summed E-state index contributed by atoms with van der Waals surface area (Å²) in [7, 11) is 0. The zero-order valence-electron chi connectivity index (χ0n) is 13.5. The Kier molecular flexibility index (Phi) is 3.02. The number of amides is 1. The van der Waals surface area contributed by atoms with Crippen molar-refractivity contribution in [3.8, 4) is 21.7 Å². The maximum Gasteiger partial charge on any atom is 0.257 e. The topological polar surface area (TPSA) is 42.0 Å². The third-order valence-electron chi connectivity index (χ3n) is 4.64. The average Bonchev–Trinajstić information content (AvgIpc) is 3.15. The standard InChI is InChI=1S/C21H14N2OS/c1-12-6-2-3-9-14(12)20(24)23-21-22-18-15-10-4-7-13-8-5-11-16(17(13)15)19(18)25-21/h2-11H,1H3,(H,22,23,24). The molecule has 0 atom stereocenters. The molecule has 1 aliphatic rings. The number of rotatable bonds is 2. The highest BCUT2D eigenvalue weighted by molar-refractivity contribution is 7.20. The molecule has 0 radical (unpaired) electrons. The Morgan fingerprint density at radius 2 is 1.72 bits per heavy atom. The number of thiazole rings is 1.